The average molecular weight is 563 g/mol. The van der Waals surface area contributed by atoms with Gasteiger partial charge in [0.1, 0.15) is 23.8 Å². The highest BCUT2D eigenvalue weighted by atomic mass is 35.5. The Morgan fingerprint density at radius 1 is 1.12 bits per heavy atom. The molecule has 1 aliphatic rings. The first-order valence-corrected chi connectivity index (χ1v) is 13.6. The topological polar surface area (TPSA) is 115 Å². The van der Waals surface area contributed by atoms with Gasteiger partial charge >= 0.3 is 0 Å². The number of ether oxygens (including phenoxy) is 1. The number of halogens is 1. The molecule has 2 amide bonds. The molecule has 2 heterocycles. The molecule has 208 valence electrons. The van der Waals surface area contributed by atoms with Crippen molar-refractivity contribution < 1.29 is 18.7 Å². The van der Waals surface area contributed by atoms with E-state index >= 15 is 0 Å². The molecule has 2 aromatic heterocycles. The van der Waals surface area contributed by atoms with Crippen molar-refractivity contribution in [2.45, 2.75) is 57.8 Å². The molecule has 0 unspecified atom stereocenters. The lowest BCUT2D eigenvalue weighted by Crippen LogP contribution is -2.46. The van der Waals surface area contributed by atoms with Crippen LogP contribution in [-0.2, 0) is 22.7 Å². The first kappa shape index (κ1) is 27.4. The van der Waals surface area contributed by atoms with Gasteiger partial charge in [0, 0.05) is 23.2 Å². The van der Waals surface area contributed by atoms with Gasteiger partial charge in [-0.3, -0.25) is 9.59 Å². The number of hydrogen-bond donors (Lipinski definition) is 1. The normalized spacial score (nSPS) is 14.2. The van der Waals surface area contributed by atoms with Crippen molar-refractivity contribution in [3.63, 3.8) is 0 Å². The van der Waals surface area contributed by atoms with Gasteiger partial charge in [-0.1, -0.05) is 42.6 Å². The van der Waals surface area contributed by atoms with E-state index in [2.05, 4.69) is 20.7 Å². The number of furan rings is 1. The molecule has 10 nitrogen and oxygen atoms in total. The van der Waals surface area contributed by atoms with Crippen LogP contribution in [0.5, 0.6) is 5.75 Å². The summed E-state index contributed by atoms with van der Waals surface area (Å²) in [7, 11) is 1.59. The van der Waals surface area contributed by atoms with Crippen LogP contribution in [0.15, 0.2) is 65.1 Å². The zero-order chi connectivity index (χ0) is 28.1. The molecule has 1 aliphatic carbocycles. The van der Waals surface area contributed by atoms with Gasteiger partial charge in [-0.05, 0) is 73.0 Å². The second kappa shape index (κ2) is 12.3. The largest absolute Gasteiger partial charge is 0.497 e. The quantitative estimate of drug-likeness (QED) is 0.297. The molecule has 40 heavy (non-hydrogen) atoms. The van der Waals surface area contributed by atoms with Crippen LogP contribution in [0.2, 0.25) is 5.02 Å². The number of amides is 2. The van der Waals surface area contributed by atoms with E-state index in [1.165, 1.54) is 9.70 Å². The third-order valence-corrected chi connectivity index (χ3v) is 7.36. The molecule has 0 bridgehead atoms. The van der Waals surface area contributed by atoms with Crippen molar-refractivity contribution in [1.29, 1.82) is 0 Å². The lowest BCUT2D eigenvalue weighted by atomic mass is 10.1. The van der Waals surface area contributed by atoms with E-state index in [9.17, 15) is 9.59 Å². The van der Waals surface area contributed by atoms with E-state index < -0.39 is 6.04 Å². The minimum Gasteiger partial charge on any atom is -0.497 e. The maximum atomic E-state index is 13.9. The zero-order valence-corrected chi connectivity index (χ0v) is 23.2. The third-order valence-electron chi connectivity index (χ3n) is 6.99. The number of tetrazole rings is 1. The highest BCUT2D eigenvalue weighted by molar-refractivity contribution is 6.31. The lowest BCUT2D eigenvalue weighted by Gasteiger charge is -2.31. The van der Waals surface area contributed by atoms with Crippen LogP contribution < -0.4 is 10.1 Å². The Hall–Kier alpha value is -4.18. The number of carbonyl (C=O) groups excluding carboxylic acids is 2. The van der Waals surface area contributed by atoms with Crippen LogP contribution in [-0.4, -0.2) is 50.1 Å². The Labute approximate surface area is 237 Å². The van der Waals surface area contributed by atoms with Crippen LogP contribution in [0.25, 0.3) is 11.4 Å². The summed E-state index contributed by atoms with van der Waals surface area (Å²) in [5.74, 6) is 1.40. The van der Waals surface area contributed by atoms with Crippen LogP contribution in [0, 0.1) is 6.92 Å². The summed E-state index contributed by atoms with van der Waals surface area (Å²) in [5.41, 5.74) is 1.43. The van der Waals surface area contributed by atoms with Crippen LogP contribution >= 0.6 is 11.6 Å². The van der Waals surface area contributed by atoms with Gasteiger partial charge in [0.15, 0.2) is 6.04 Å². The van der Waals surface area contributed by atoms with Gasteiger partial charge in [-0.2, -0.15) is 4.80 Å². The van der Waals surface area contributed by atoms with E-state index in [1.807, 2.05) is 30.3 Å². The van der Waals surface area contributed by atoms with E-state index in [4.69, 9.17) is 20.8 Å². The van der Waals surface area contributed by atoms with Crippen molar-refractivity contribution >= 4 is 23.4 Å². The Morgan fingerprint density at radius 3 is 2.55 bits per heavy atom. The van der Waals surface area contributed by atoms with Crippen LogP contribution in [0.4, 0.5) is 0 Å². The molecule has 1 saturated carbocycles. The molecule has 11 heteroatoms. The third kappa shape index (κ3) is 6.34. The Bertz CT molecular complexity index is 1460. The molecule has 0 saturated heterocycles. The molecule has 1 fully saturated rings. The van der Waals surface area contributed by atoms with E-state index in [-0.39, 0.29) is 30.9 Å². The number of carbonyl (C=O) groups is 2. The highest BCUT2D eigenvalue weighted by Gasteiger charge is 2.36. The summed E-state index contributed by atoms with van der Waals surface area (Å²) in [5, 5.41) is 16.2. The summed E-state index contributed by atoms with van der Waals surface area (Å²) in [6, 6.07) is 17.0. The second-order valence-electron chi connectivity index (χ2n) is 9.83. The Balaban J connectivity index is 1.45. The lowest BCUT2D eigenvalue weighted by molar-refractivity contribution is -0.143. The fourth-order valence-electron chi connectivity index (χ4n) is 4.89. The predicted molar refractivity (Wildman–Crippen MR) is 148 cm³/mol. The molecular formula is C29H31ClN6O4. The Morgan fingerprint density at radius 2 is 1.88 bits per heavy atom. The molecule has 0 spiro atoms. The molecule has 5 rings (SSSR count). The average Bonchev–Trinajstić information content (AvgIpc) is 3.73. The predicted octanol–water partition coefficient (Wildman–Crippen LogP) is 4.73. The summed E-state index contributed by atoms with van der Waals surface area (Å²) in [6.07, 6.45) is 3.94. The standard InChI is InChI=1S/C29H31ClN6O4/c1-19-11-16-25(40-19)27(29(38)31-22-8-4-5-9-22)35(17-21-7-3-6-10-24(21)30)26(37)18-36-33-28(32-34-36)20-12-14-23(39-2)15-13-20/h3,6-7,10-16,22,27H,4-5,8-9,17-18H2,1-2H3,(H,31,38)/t27-/m0/s1. The molecule has 0 aliphatic heterocycles. The van der Waals surface area contributed by atoms with E-state index in [0.29, 0.717) is 33.7 Å². The first-order valence-electron chi connectivity index (χ1n) is 13.2. The van der Waals surface area contributed by atoms with Gasteiger partial charge in [-0.25, -0.2) is 0 Å². The fourth-order valence-corrected chi connectivity index (χ4v) is 5.08. The number of aromatic nitrogens is 4. The van der Waals surface area contributed by atoms with Crippen LogP contribution in [0.1, 0.15) is 48.8 Å². The van der Waals surface area contributed by atoms with Crippen molar-refractivity contribution in [3.8, 4) is 17.1 Å². The van der Waals surface area contributed by atoms with Crippen molar-refractivity contribution in [3.05, 3.63) is 82.8 Å². The minimum atomic E-state index is -1.01. The first-order chi connectivity index (χ1) is 19.4. The SMILES string of the molecule is COc1ccc(-c2nnn(CC(=O)N(Cc3ccccc3Cl)[C@H](C(=O)NC3CCCC3)c3ccc(C)o3)n2)cc1. The molecule has 1 atom stereocenters. The van der Waals surface area contributed by atoms with Crippen molar-refractivity contribution in [2.24, 2.45) is 0 Å². The van der Waals surface area contributed by atoms with Gasteiger partial charge < -0.3 is 19.4 Å². The number of nitrogens with one attached hydrogen (secondary N) is 1. The molecule has 1 N–H and O–H groups in total. The maximum absolute atomic E-state index is 13.9. The maximum Gasteiger partial charge on any atom is 0.250 e. The monoisotopic (exact) mass is 562 g/mol. The van der Waals surface area contributed by atoms with Crippen molar-refractivity contribution in [1.82, 2.24) is 30.4 Å². The number of methoxy groups -OCH3 is 1. The van der Waals surface area contributed by atoms with E-state index in [1.54, 1.807) is 44.4 Å². The number of hydrogen-bond acceptors (Lipinski definition) is 7. The number of rotatable bonds is 10. The molecular weight excluding hydrogens is 532 g/mol. The smallest absolute Gasteiger partial charge is 0.250 e. The summed E-state index contributed by atoms with van der Waals surface area (Å²) in [4.78, 5) is 30.4. The van der Waals surface area contributed by atoms with E-state index in [0.717, 1.165) is 31.2 Å². The number of benzene rings is 2. The van der Waals surface area contributed by atoms with Gasteiger partial charge in [-0.15, -0.1) is 10.2 Å². The van der Waals surface area contributed by atoms with Gasteiger partial charge in [0.2, 0.25) is 11.7 Å². The minimum absolute atomic E-state index is 0.0624. The van der Waals surface area contributed by atoms with Crippen molar-refractivity contribution in [2.75, 3.05) is 7.11 Å². The zero-order valence-electron chi connectivity index (χ0n) is 22.4. The second-order valence-corrected chi connectivity index (χ2v) is 10.2. The Kier molecular flexibility index (Phi) is 8.45. The van der Waals surface area contributed by atoms with Gasteiger partial charge in [0.25, 0.3) is 5.91 Å². The fraction of sp³-hybridized carbons (Fsp3) is 0.345. The molecule has 4 aromatic rings. The molecule has 2 aromatic carbocycles. The summed E-state index contributed by atoms with van der Waals surface area (Å²) in [6.45, 7) is 1.65. The molecule has 0 radical (unpaired) electrons. The highest BCUT2D eigenvalue weighted by Crippen LogP contribution is 2.29. The van der Waals surface area contributed by atoms with Crippen LogP contribution in [0.3, 0.4) is 0 Å². The number of nitrogens with zero attached hydrogens (tertiary/aromatic N) is 5. The van der Waals surface area contributed by atoms with Gasteiger partial charge in [0.05, 0.1) is 7.11 Å². The summed E-state index contributed by atoms with van der Waals surface area (Å²) >= 11 is 6.49. The summed E-state index contributed by atoms with van der Waals surface area (Å²) < 4.78 is 11.1. The number of aryl methyl sites for hydroxylation is 1.